The molecule has 2 aromatic carbocycles. The van der Waals surface area contributed by atoms with Crippen LogP contribution in [0.5, 0.6) is 5.75 Å². The van der Waals surface area contributed by atoms with Crippen molar-refractivity contribution in [3.05, 3.63) is 64.1 Å². The summed E-state index contributed by atoms with van der Waals surface area (Å²) in [5.74, 6) is -2.42. The minimum atomic E-state index is -1.42. The van der Waals surface area contributed by atoms with Gasteiger partial charge in [0.2, 0.25) is 5.43 Å². The van der Waals surface area contributed by atoms with Gasteiger partial charge >= 0.3 is 5.97 Å². The van der Waals surface area contributed by atoms with Gasteiger partial charge in [-0.05, 0) is 17.7 Å². The molecule has 0 aliphatic carbocycles. The number of aromatic carboxylic acids is 1. The molecule has 116 valence electrons. The summed E-state index contributed by atoms with van der Waals surface area (Å²) in [7, 11) is 1.27. The molecular weight excluding hydrogens is 301 g/mol. The molecule has 0 radical (unpaired) electrons. The van der Waals surface area contributed by atoms with E-state index in [4.69, 9.17) is 4.74 Å². The summed E-state index contributed by atoms with van der Waals surface area (Å²) in [5, 5.41) is 9.08. The summed E-state index contributed by atoms with van der Waals surface area (Å²) in [5.41, 5.74) is -0.519. The van der Waals surface area contributed by atoms with E-state index < -0.39 is 22.8 Å². The van der Waals surface area contributed by atoms with Gasteiger partial charge in [-0.15, -0.1) is 0 Å². The van der Waals surface area contributed by atoms with Gasteiger partial charge in [-0.25, -0.2) is 9.18 Å². The molecular formula is C17H12FNO4. The van der Waals surface area contributed by atoms with E-state index in [9.17, 15) is 19.1 Å². The van der Waals surface area contributed by atoms with Gasteiger partial charge in [-0.2, -0.15) is 0 Å². The number of benzene rings is 2. The summed E-state index contributed by atoms with van der Waals surface area (Å²) in [6.45, 7) is 0. The molecule has 2 N–H and O–H groups in total. The van der Waals surface area contributed by atoms with Crippen molar-refractivity contribution in [2.75, 3.05) is 7.11 Å². The molecule has 0 aliphatic heterocycles. The number of halogens is 1. The van der Waals surface area contributed by atoms with Crippen molar-refractivity contribution in [2.45, 2.75) is 0 Å². The number of carboxylic acids is 1. The van der Waals surface area contributed by atoms with Crippen LogP contribution in [0, 0.1) is 5.82 Å². The van der Waals surface area contributed by atoms with Crippen molar-refractivity contribution in [2.24, 2.45) is 0 Å². The average molecular weight is 313 g/mol. The van der Waals surface area contributed by atoms with E-state index in [0.717, 1.165) is 0 Å². The van der Waals surface area contributed by atoms with Crippen molar-refractivity contribution in [1.29, 1.82) is 0 Å². The zero-order valence-corrected chi connectivity index (χ0v) is 12.1. The maximum Gasteiger partial charge on any atom is 0.341 e. The Bertz CT molecular complexity index is 964. The monoisotopic (exact) mass is 313 g/mol. The van der Waals surface area contributed by atoms with Crippen LogP contribution in [0.2, 0.25) is 0 Å². The third-order valence-corrected chi connectivity index (χ3v) is 3.57. The Morgan fingerprint density at radius 3 is 2.48 bits per heavy atom. The van der Waals surface area contributed by atoms with Crippen LogP contribution in [-0.2, 0) is 0 Å². The number of ether oxygens (including phenoxy) is 1. The van der Waals surface area contributed by atoms with Gasteiger partial charge in [0.05, 0.1) is 23.7 Å². The Hall–Kier alpha value is -3.15. The predicted octanol–water partition coefficient (Wildman–Crippen LogP) is 3.04. The topological polar surface area (TPSA) is 79.4 Å². The summed E-state index contributed by atoms with van der Waals surface area (Å²) in [4.78, 5) is 27.0. The van der Waals surface area contributed by atoms with Crippen LogP contribution in [0.3, 0.4) is 0 Å². The number of H-pyrrole nitrogens is 1. The Balaban J connectivity index is 2.46. The summed E-state index contributed by atoms with van der Waals surface area (Å²) >= 11 is 0. The number of fused-ring (bicyclic) bond motifs is 1. The molecule has 1 heterocycles. The van der Waals surface area contributed by atoms with E-state index >= 15 is 0 Å². The normalized spacial score (nSPS) is 10.7. The van der Waals surface area contributed by atoms with Crippen LogP contribution in [-0.4, -0.2) is 23.2 Å². The molecule has 23 heavy (non-hydrogen) atoms. The van der Waals surface area contributed by atoms with Crippen LogP contribution in [0.15, 0.2) is 47.3 Å². The van der Waals surface area contributed by atoms with E-state index in [-0.39, 0.29) is 22.3 Å². The highest BCUT2D eigenvalue weighted by Crippen LogP contribution is 2.27. The van der Waals surface area contributed by atoms with E-state index in [1.54, 1.807) is 30.3 Å². The summed E-state index contributed by atoms with van der Waals surface area (Å²) in [6, 6.07) is 11.4. The smallest absolute Gasteiger partial charge is 0.341 e. The number of aromatic amines is 1. The fraction of sp³-hybridized carbons (Fsp3) is 0.0588. The Morgan fingerprint density at radius 2 is 1.87 bits per heavy atom. The van der Waals surface area contributed by atoms with Crippen molar-refractivity contribution in [3.8, 4) is 17.0 Å². The third-order valence-electron chi connectivity index (χ3n) is 3.57. The molecule has 3 aromatic rings. The lowest BCUT2D eigenvalue weighted by atomic mass is 10.0. The van der Waals surface area contributed by atoms with Gasteiger partial charge in [0.1, 0.15) is 5.56 Å². The highest BCUT2D eigenvalue weighted by atomic mass is 19.1. The number of hydrogen-bond donors (Lipinski definition) is 2. The maximum absolute atomic E-state index is 14.4. The highest BCUT2D eigenvalue weighted by molar-refractivity contribution is 5.99. The molecule has 0 bridgehead atoms. The van der Waals surface area contributed by atoms with Gasteiger partial charge in [0, 0.05) is 0 Å². The first kappa shape index (κ1) is 14.8. The van der Waals surface area contributed by atoms with Crippen LogP contribution in [0.1, 0.15) is 10.4 Å². The Kier molecular flexibility index (Phi) is 3.57. The largest absolute Gasteiger partial charge is 0.494 e. The van der Waals surface area contributed by atoms with Crippen LogP contribution in [0.25, 0.3) is 22.2 Å². The lowest BCUT2D eigenvalue weighted by molar-refractivity contribution is 0.0696. The number of aromatic nitrogens is 1. The minimum Gasteiger partial charge on any atom is -0.494 e. The molecule has 0 saturated heterocycles. The van der Waals surface area contributed by atoms with Crippen molar-refractivity contribution < 1.29 is 19.0 Å². The molecule has 0 unspecified atom stereocenters. The van der Waals surface area contributed by atoms with Gasteiger partial charge in [-0.3, -0.25) is 4.79 Å². The quantitative estimate of drug-likeness (QED) is 0.779. The molecule has 0 spiro atoms. The number of methoxy groups -OCH3 is 1. The molecule has 3 rings (SSSR count). The molecule has 0 amide bonds. The van der Waals surface area contributed by atoms with Crippen molar-refractivity contribution >= 4 is 16.9 Å². The second kappa shape index (κ2) is 5.57. The first-order valence-electron chi connectivity index (χ1n) is 6.75. The van der Waals surface area contributed by atoms with Gasteiger partial charge in [0.15, 0.2) is 11.6 Å². The van der Waals surface area contributed by atoms with Gasteiger partial charge in [0.25, 0.3) is 0 Å². The second-order valence-electron chi connectivity index (χ2n) is 4.88. The molecule has 6 heteroatoms. The fourth-order valence-corrected chi connectivity index (χ4v) is 2.50. The van der Waals surface area contributed by atoms with Gasteiger partial charge < -0.3 is 14.8 Å². The molecule has 1 aromatic heterocycles. The zero-order chi connectivity index (χ0) is 16.6. The molecule has 5 nitrogen and oxygen atoms in total. The number of hydrogen-bond acceptors (Lipinski definition) is 3. The standard InChI is InChI=1S/C17H12FNO4/c1-23-11-8-7-10-12(14(11)18)16(20)13(17(21)22)15(19-10)9-5-3-2-4-6-9/h2-8H,1H3,(H,19,20)(H,21,22). The van der Waals surface area contributed by atoms with Crippen LogP contribution < -0.4 is 10.2 Å². The fourth-order valence-electron chi connectivity index (χ4n) is 2.50. The first-order chi connectivity index (χ1) is 11.0. The zero-order valence-electron chi connectivity index (χ0n) is 12.1. The molecule has 0 fully saturated rings. The minimum absolute atomic E-state index is 0.119. The maximum atomic E-state index is 14.4. The lowest BCUT2D eigenvalue weighted by Crippen LogP contribution is -2.19. The first-order valence-corrected chi connectivity index (χ1v) is 6.75. The van der Waals surface area contributed by atoms with E-state index in [1.165, 1.54) is 19.2 Å². The Labute approximate surface area is 130 Å². The summed E-state index contributed by atoms with van der Waals surface area (Å²) in [6.07, 6.45) is 0. The molecule has 0 saturated carbocycles. The number of rotatable bonds is 3. The van der Waals surface area contributed by atoms with Gasteiger partial charge in [-0.1, -0.05) is 30.3 Å². The SMILES string of the molecule is COc1ccc2[nH]c(-c3ccccc3)c(C(=O)O)c(=O)c2c1F. The van der Waals surface area contributed by atoms with E-state index in [2.05, 4.69) is 4.98 Å². The van der Waals surface area contributed by atoms with Crippen LogP contribution in [0.4, 0.5) is 4.39 Å². The lowest BCUT2D eigenvalue weighted by Gasteiger charge is -2.11. The molecule has 0 atom stereocenters. The van der Waals surface area contributed by atoms with E-state index in [0.29, 0.717) is 5.56 Å². The third kappa shape index (κ3) is 2.34. The second-order valence-corrected chi connectivity index (χ2v) is 4.88. The number of pyridine rings is 1. The Morgan fingerprint density at radius 1 is 1.17 bits per heavy atom. The number of carboxylic acid groups (broad SMARTS) is 1. The summed E-state index contributed by atoms with van der Waals surface area (Å²) < 4.78 is 19.2. The number of carbonyl (C=O) groups is 1. The number of nitrogens with one attached hydrogen (secondary N) is 1. The van der Waals surface area contributed by atoms with Crippen molar-refractivity contribution in [1.82, 2.24) is 4.98 Å². The average Bonchev–Trinajstić information content (AvgIpc) is 2.55. The highest BCUT2D eigenvalue weighted by Gasteiger charge is 2.22. The predicted molar refractivity (Wildman–Crippen MR) is 83.5 cm³/mol. The van der Waals surface area contributed by atoms with Crippen molar-refractivity contribution in [3.63, 3.8) is 0 Å². The van der Waals surface area contributed by atoms with Crippen LogP contribution >= 0.6 is 0 Å². The van der Waals surface area contributed by atoms with E-state index in [1.807, 2.05) is 0 Å². The molecule has 0 aliphatic rings.